The Labute approximate surface area is 106 Å². The molecule has 0 radical (unpaired) electrons. The molecule has 0 spiro atoms. The molecule has 0 unspecified atom stereocenters. The number of anilines is 1. The third kappa shape index (κ3) is 3.09. The summed E-state index contributed by atoms with van der Waals surface area (Å²) in [5.74, 6) is -0.675. The minimum absolute atomic E-state index is 0.174. The fourth-order valence-corrected chi connectivity index (χ4v) is 2.14. The molecule has 18 heavy (non-hydrogen) atoms. The van der Waals surface area contributed by atoms with Gasteiger partial charge in [-0.2, -0.15) is 0 Å². The van der Waals surface area contributed by atoms with Gasteiger partial charge in [0.2, 0.25) is 0 Å². The zero-order valence-electron chi connectivity index (χ0n) is 10.2. The maximum atomic E-state index is 12.8. The summed E-state index contributed by atoms with van der Waals surface area (Å²) in [6.45, 7) is 0.599. The Bertz CT molecular complexity index is 483. The number of benzene rings is 1. The van der Waals surface area contributed by atoms with Crippen LogP contribution in [-0.4, -0.2) is 12.5 Å². The van der Waals surface area contributed by atoms with Gasteiger partial charge in [-0.25, -0.2) is 4.39 Å². The second-order valence-electron chi connectivity index (χ2n) is 4.49. The predicted octanol–water partition coefficient (Wildman–Crippen LogP) is 2.64. The van der Waals surface area contributed by atoms with Crippen molar-refractivity contribution in [1.82, 2.24) is 5.32 Å². The first kappa shape index (κ1) is 12.6. The molecule has 0 saturated carbocycles. The van der Waals surface area contributed by atoms with Crippen LogP contribution < -0.4 is 11.1 Å². The predicted molar refractivity (Wildman–Crippen MR) is 69.7 cm³/mol. The number of nitrogens with two attached hydrogens (primary N) is 1. The second kappa shape index (κ2) is 5.67. The molecule has 1 aliphatic carbocycles. The summed E-state index contributed by atoms with van der Waals surface area (Å²) in [5, 5.41) is 2.80. The van der Waals surface area contributed by atoms with Crippen LogP contribution in [0.25, 0.3) is 0 Å². The molecule has 0 saturated heterocycles. The molecule has 96 valence electrons. The Morgan fingerprint density at radius 3 is 2.94 bits per heavy atom. The molecule has 3 N–H and O–H groups in total. The molecule has 2 rings (SSSR count). The van der Waals surface area contributed by atoms with E-state index in [2.05, 4.69) is 11.4 Å². The van der Waals surface area contributed by atoms with Crippen LogP contribution in [0.4, 0.5) is 10.1 Å². The first-order chi connectivity index (χ1) is 8.66. The maximum Gasteiger partial charge on any atom is 0.253 e. The summed E-state index contributed by atoms with van der Waals surface area (Å²) < 4.78 is 12.8. The van der Waals surface area contributed by atoms with Crippen molar-refractivity contribution in [2.75, 3.05) is 12.3 Å². The zero-order valence-corrected chi connectivity index (χ0v) is 10.2. The Hall–Kier alpha value is -1.84. The molecule has 1 aromatic carbocycles. The summed E-state index contributed by atoms with van der Waals surface area (Å²) in [6.07, 6.45) is 6.61. The van der Waals surface area contributed by atoms with Crippen LogP contribution in [0.5, 0.6) is 0 Å². The lowest BCUT2D eigenvalue weighted by Gasteiger charge is -2.08. The zero-order chi connectivity index (χ0) is 13.0. The normalized spacial score (nSPS) is 14.4. The molecule has 0 aliphatic heterocycles. The smallest absolute Gasteiger partial charge is 0.253 e. The largest absolute Gasteiger partial charge is 0.398 e. The molecule has 0 aromatic heterocycles. The van der Waals surface area contributed by atoms with Gasteiger partial charge in [-0.3, -0.25) is 4.79 Å². The first-order valence-electron chi connectivity index (χ1n) is 6.18. The van der Waals surface area contributed by atoms with Crippen LogP contribution in [-0.2, 0) is 0 Å². The van der Waals surface area contributed by atoms with Crippen molar-refractivity contribution in [2.24, 2.45) is 0 Å². The van der Waals surface area contributed by atoms with E-state index in [1.54, 1.807) is 0 Å². The summed E-state index contributed by atoms with van der Waals surface area (Å²) in [5.41, 5.74) is 7.51. The minimum atomic E-state index is -0.430. The molecule has 1 aromatic rings. The maximum absolute atomic E-state index is 12.8. The molecule has 4 heteroatoms. The Morgan fingerprint density at radius 2 is 2.28 bits per heavy atom. The standard InChI is InChI=1S/C14H17FN2O/c15-11-5-6-12(13(16)9-11)14(18)17-8-7-10-3-1-2-4-10/h3,5-6,9H,1-2,4,7-8,16H2,(H,17,18). The van der Waals surface area contributed by atoms with E-state index in [1.165, 1.54) is 24.1 Å². The van der Waals surface area contributed by atoms with Crippen molar-refractivity contribution in [1.29, 1.82) is 0 Å². The highest BCUT2D eigenvalue weighted by Crippen LogP contribution is 2.20. The Balaban J connectivity index is 1.87. The van der Waals surface area contributed by atoms with Crippen LogP contribution in [0.1, 0.15) is 36.0 Å². The van der Waals surface area contributed by atoms with Crippen LogP contribution >= 0.6 is 0 Å². The van der Waals surface area contributed by atoms with Crippen molar-refractivity contribution < 1.29 is 9.18 Å². The van der Waals surface area contributed by atoms with E-state index >= 15 is 0 Å². The van der Waals surface area contributed by atoms with Crippen molar-refractivity contribution >= 4 is 11.6 Å². The van der Waals surface area contributed by atoms with Gasteiger partial charge in [-0.1, -0.05) is 11.6 Å². The van der Waals surface area contributed by atoms with Gasteiger partial charge in [0.15, 0.2) is 0 Å². The number of carbonyl (C=O) groups is 1. The van der Waals surface area contributed by atoms with Crippen molar-refractivity contribution in [3.8, 4) is 0 Å². The fraction of sp³-hybridized carbons (Fsp3) is 0.357. The SMILES string of the molecule is Nc1cc(F)ccc1C(=O)NCCC1=CCCC1. The Kier molecular flexibility index (Phi) is 3.97. The van der Waals surface area contributed by atoms with Crippen molar-refractivity contribution in [3.05, 3.63) is 41.2 Å². The number of amides is 1. The summed E-state index contributed by atoms with van der Waals surface area (Å²) >= 11 is 0. The lowest BCUT2D eigenvalue weighted by molar-refractivity contribution is 0.0955. The number of hydrogen-bond acceptors (Lipinski definition) is 2. The van der Waals surface area contributed by atoms with E-state index in [-0.39, 0.29) is 11.6 Å². The van der Waals surface area contributed by atoms with E-state index < -0.39 is 5.82 Å². The van der Waals surface area contributed by atoms with E-state index in [0.717, 1.165) is 25.3 Å². The van der Waals surface area contributed by atoms with E-state index in [1.807, 2.05) is 0 Å². The molecule has 0 atom stereocenters. The van der Waals surface area contributed by atoms with Gasteiger partial charge >= 0.3 is 0 Å². The third-order valence-corrected chi connectivity index (χ3v) is 3.12. The molecule has 0 fully saturated rings. The topological polar surface area (TPSA) is 55.1 Å². The number of hydrogen-bond donors (Lipinski definition) is 2. The number of carbonyl (C=O) groups excluding carboxylic acids is 1. The number of nitrogen functional groups attached to an aromatic ring is 1. The molecular weight excluding hydrogens is 231 g/mol. The molecule has 0 bridgehead atoms. The third-order valence-electron chi connectivity index (χ3n) is 3.12. The number of allylic oxidation sites excluding steroid dienone is 1. The summed E-state index contributed by atoms with van der Waals surface area (Å²) in [6, 6.07) is 3.81. The average Bonchev–Trinajstić information content (AvgIpc) is 2.81. The van der Waals surface area contributed by atoms with Crippen molar-refractivity contribution in [3.63, 3.8) is 0 Å². The minimum Gasteiger partial charge on any atom is -0.398 e. The van der Waals surface area contributed by atoms with Gasteiger partial charge in [0.25, 0.3) is 5.91 Å². The average molecular weight is 248 g/mol. The quantitative estimate of drug-likeness (QED) is 0.635. The van der Waals surface area contributed by atoms with E-state index in [9.17, 15) is 9.18 Å². The lowest BCUT2D eigenvalue weighted by Crippen LogP contribution is -2.25. The van der Waals surface area contributed by atoms with Gasteiger partial charge in [-0.15, -0.1) is 0 Å². The van der Waals surface area contributed by atoms with E-state index in [4.69, 9.17) is 5.73 Å². The highest BCUT2D eigenvalue weighted by Gasteiger charge is 2.10. The molecule has 1 aliphatic rings. The number of halogens is 1. The highest BCUT2D eigenvalue weighted by molar-refractivity contribution is 5.99. The van der Waals surface area contributed by atoms with Crippen molar-refractivity contribution in [2.45, 2.75) is 25.7 Å². The van der Waals surface area contributed by atoms with Crippen LogP contribution in [0, 0.1) is 5.82 Å². The first-order valence-corrected chi connectivity index (χ1v) is 6.18. The van der Waals surface area contributed by atoms with Gasteiger partial charge in [0, 0.05) is 12.2 Å². The van der Waals surface area contributed by atoms with Crippen LogP contribution in [0.15, 0.2) is 29.8 Å². The highest BCUT2D eigenvalue weighted by atomic mass is 19.1. The van der Waals surface area contributed by atoms with Crippen LogP contribution in [0.3, 0.4) is 0 Å². The molecule has 0 heterocycles. The van der Waals surface area contributed by atoms with Gasteiger partial charge in [-0.05, 0) is 43.9 Å². The van der Waals surface area contributed by atoms with Crippen LogP contribution in [0.2, 0.25) is 0 Å². The monoisotopic (exact) mass is 248 g/mol. The molecule has 3 nitrogen and oxygen atoms in total. The fourth-order valence-electron chi connectivity index (χ4n) is 2.14. The summed E-state index contributed by atoms with van der Waals surface area (Å²) in [7, 11) is 0. The number of rotatable bonds is 4. The van der Waals surface area contributed by atoms with E-state index in [0.29, 0.717) is 12.1 Å². The Morgan fingerprint density at radius 1 is 1.44 bits per heavy atom. The molecule has 1 amide bonds. The lowest BCUT2D eigenvalue weighted by atomic mass is 10.1. The van der Waals surface area contributed by atoms with Gasteiger partial charge < -0.3 is 11.1 Å². The summed E-state index contributed by atoms with van der Waals surface area (Å²) in [4.78, 5) is 11.8. The van der Waals surface area contributed by atoms with Gasteiger partial charge in [0.1, 0.15) is 5.82 Å². The van der Waals surface area contributed by atoms with Gasteiger partial charge in [0.05, 0.1) is 5.56 Å². The second-order valence-corrected chi connectivity index (χ2v) is 4.49. The molecular formula is C14H17FN2O. The number of nitrogens with one attached hydrogen (secondary N) is 1.